The SMILES string of the molecule is COc1ccc(CN2C(=O)C(c3ccc(C)c(C)c3)=C(N(C)C3CCN(C)CC3)C2=O)cc1. The highest BCUT2D eigenvalue weighted by Crippen LogP contribution is 2.35. The van der Waals surface area contributed by atoms with Crippen molar-refractivity contribution in [3.63, 3.8) is 0 Å². The first-order valence-electron chi connectivity index (χ1n) is 11.5. The zero-order chi connectivity index (χ0) is 23.7. The Morgan fingerprint density at radius 3 is 2.24 bits per heavy atom. The van der Waals surface area contributed by atoms with Gasteiger partial charge in [-0.05, 0) is 81.2 Å². The number of benzene rings is 2. The second-order valence-corrected chi connectivity index (χ2v) is 9.21. The van der Waals surface area contributed by atoms with Crippen molar-refractivity contribution in [1.29, 1.82) is 0 Å². The zero-order valence-electron chi connectivity index (χ0n) is 20.2. The van der Waals surface area contributed by atoms with Crippen LogP contribution in [0.5, 0.6) is 5.75 Å². The Kier molecular flexibility index (Phi) is 6.56. The summed E-state index contributed by atoms with van der Waals surface area (Å²) in [5, 5.41) is 0. The number of likely N-dealkylation sites (N-methyl/N-ethyl adjacent to an activating group) is 1. The van der Waals surface area contributed by atoms with Crippen molar-refractivity contribution < 1.29 is 14.3 Å². The third-order valence-electron chi connectivity index (χ3n) is 7.03. The van der Waals surface area contributed by atoms with Gasteiger partial charge in [-0.25, -0.2) is 0 Å². The van der Waals surface area contributed by atoms with Crippen LogP contribution in [0.15, 0.2) is 48.2 Å². The fraction of sp³-hybridized carbons (Fsp3) is 0.407. The van der Waals surface area contributed by atoms with Crippen molar-refractivity contribution in [1.82, 2.24) is 14.7 Å². The number of aryl methyl sites for hydroxylation is 2. The second-order valence-electron chi connectivity index (χ2n) is 9.21. The Hall–Kier alpha value is -3.12. The van der Waals surface area contributed by atoms with Gasteiger partial charge in [-0.2, -0.15) is 0 Å². The lowest BCUT2D eigenvalue weighted by Gasteiger charge is -2.36. The molecule has 2 heterocycles. The first-order valence-corrected chi connectivity index (χ1v) is 11.5. The Balaban J connectivity index is 1.71. The quantitative estimate of drug-likeness (QED) is 0.633. The molecular formula is C27H33N3O3. The molecule has 0 unspecified atom stereocenters. The van der Waals surface area contributed by atoms with Crippen molar-refractivity contribution in [3.05, 3.63) is 70.4 Å². The molecule has 4 rings (SSSR count). The number of rotatable bonds is 6. The van der Waals surface area contributed by atoms with Crippen LogP contribution in [0.1, 0.15) is 35.1 Å². The van der Waals surface area contributed by atoms with Gasteiger partial charge in [0.2, 0.25) is 0 Å². The van der Waals surface area contributed by atoms with Gasteiger partial charge < -0.3 is 14.5 Å². The van der Waals surface area contributed by atoms with Crippen molar-refractivity contribution in [2.45, 2.75) is 39.3 Å². The van der Waals surface area contributed by atoms with Crippen molar-refractivity contribution >= 4 is 17.4 Å². The van der Waals surface area contributed by atoms with E-state index in [9.17, 15) is 9.59 Å². The molecule has 0 saturated carbocycles. The number of hydrogen-bond donors (Lipinski definition) is 0. The van der Waals surface area contributed by atoms with Crippen LogP contribution in [0.25, 0.3) is 5.57 Å². The number of ether oxygens (including phenoxy) is 1. The number of likely N-dealkylation sites (tertiary alicyclic amines) is 1. The normalized spacial score (nSPS) is 17.8. The third kappa shape index (κ3) is 4.53. The predicted octanol–water partition coefficient (Wildman–Crippen LogP) is 3.62. The highest BCUT2D eigenvalue weighted by Gasteiger charge is 2.42. The van der Waals surface area contributed by atoms with E-state index in [4.69, 9.17) is 4.74 Å². The molecule has 0 radical (unpaired) electrons. The van der Waals surface area contributed by atoms with E-state index in [-0.39, 0.29) is 24.4 Å². The van der Waals surface area contributed by atoms with Gasteiger partial charge in [0.1, 0.15) is 11.4 Å². The summed E-state index contributed by atoms with van der Waals surface area (Å²) in [6, 6.07) is 13.7. The first kappa shape index (κ1) is 23.1. The number of hydrogen-bond acceptors (Lipinski definition) is 5. The summed E-state index contributed by atoms with van der Waals surface area (Å²) in [6.07, 6.45) is 1.94. The Bertz CT molecular complexity index is 1080. The lowest BCUT2D eigenvalue weighted by molar-refractivity contribution is -0.138. The molecule has 1 saturated heterocycles. The van der Waals surface area contributed by atoms with E-state index in [1.165, 1.54) is 4.90 Å². The van der Waals surface area contributed by atoms with E-state index in [2.05, 4.69) is 23.8 Å². The Morgan fingerprint density at radius 1 is 0.970 bits per heavy atom. The van der Waals surface area contributed by atoms with Gasteiger partial charge in [-0.3, -0.25) is 14.5 Å². The summed E-state index contributed by atoms with van der Waals surface area (Å²) in [7, 11) is 5.71. The summed E-state index contributed by atoms with van der Waals surface area (Å²) >= 11 is 0. The third-order valence-corrected chi connectivity index (χ3v) is 7.03. The van der Waals surface area contributed by atoms with Crippen LogP contribution >= 0.6 is 0 Å². The van der Waals surface area contributed by atoms with Gasteiger partial charge in [-0.1, -0.05) is 30.3 Å². The molecule has 2 aromatic rings. The van der Waals surface area contributed by atoms with Crippen molar-refractivity contribution in [3.8, 4) is 5.75 Å². The summed E-state index contributed by atoms with van der Waals surface area (Å²) in [6.45, 7) is 6.30. The largest absolute Gasteiger partial charge is 0.497 e. The molecule has 0 bridgehead atoms. The summed E-state index contributed by atoms with van der Waals surface area (Å²) in [4.78, 5) is 33.1. The molecule has 2 aromatic carbocycles. The molecule has 2 amide bonds. The number of piperidine rings is 1. The molecule has 6 nitrogen and oxygen atoms in total. The predicted molar refractivity (Wildman–Crippen MR) is 130 cm³/mol. The van der Waals surface area contributed by atoms with Gasteiger partial charge in [0.15, 0.2) is 0 Å². The molecule has 1 fully saturated rings. The lowest BCUT2D eigenvalue weighted by Crippen LogP contribution is -2.43. The Labute approximate surface area is 196 Å². The molecule has 2 aliphatic heterocycles. The number of amides is 2. The van der Waals surface area contributed by atoms with E-state index in [0.717, 1.165) is 53.9 Å². The molecule has 33 heavy (non-hydrogen) atoms. The van der Waals surface area contributed by atoms with E-state index in [1.807, 2.05) is 56.4 Å². The number of nitrogens with zero attached hydrogens (tertiary/aromatic N) is 3. The maximum absolute atomic E-state index is 13.7. The minimum atomic E-state index is -0.228. The molecule has 0 aliphatic carbocycles. The maximum Gasteiger partial charge on any atom is 0.278 e. The fourth-order valence-electron chi connectivity index (χ4n) is 4.67. The van der Waals surface area contributed by atoms with Crippen LogP contribution in [0.2, 0.25) is 0 Å². The minimum Gasteiger partial charge on any atom is -0.497 e. The number of imide groups is 1. The summed E-state index contributed by atoms with van der Waals surface area (Å²) in [5.74, 6) is 0.300. The molecule has 2 aliphatic rings. The van der Waals surface area contributed by atoms with Crippen LogP contribution in [0, 0.1) is 13.8 Å². The van der Waals surface area contributed by atoms with Gasteiger partial charge in [-0.15, -0.1) is 0 Å². The van der Waals surface area contributed by atoms with E-state index in [1.54, 1.807) is 7.11 Å². The average molecular weight is 448 g/mol. The van der Waals surface area contributed by atoms with Crippen molar-refractivity contribution in [2.24, 2.45) is 0 Å². The topological polar surface area (TPSA) is 53.1 Å². The van der Waals surface area contributed by atoms with E-state index < -0.39 is 0 Å². The highest BCUT2D eigenvalue weighted by molar-refractivity contribution is 6.35. The van der Waals surface area contributed by atoms with Crippen LogP contribution in [-0.2, 0) is 16.1 Å². The zero-order valence-corrected chi connectivity index (χ0v) is 20.2. The monoisotopic (exact) mass is 447 g/mol. The smallest absolute Gasteiger partial charge is 0.278 e. The van der Waals surface area contributed by atoms with Gasteiger partial charge in [0, 0.05) is 13.1 Å². The molecule has 0 aromatic heterocycles. The van der Waals surface area contributed by atoms with Crippen LogP contribution in [0.4, 0.5) is 0 Å². The van der Waals surface area contributed by atoms with Crippen LogP contribution < -0.4 is 4.74 Å². The van der Waals surface area contributed by atoms with E-state index in [0.29, 0.717) is 11.3 Å². The number of carbonyl (C=O) groups is 2. The molecule has 174 valence electrons. The van der Waals surface area contributed by atoms with Crippen LogP contribution in [-0.4, -0.2) is 66.9 Å². The number of carbonyl (C=O) groups excluding carboxylic acids is 2. The second kappa shape index (κ2) is 9.40. The van der Waals surface area contributed by atoms with Gasteiger partial charge >= 0.3 is 0 Å². The highest BCUT2D eigenvalue weighted by atomic mass is 16.5. The lowest BCUT2D eigenvalue weighted by atomic mass is 9.97. The van der Waals surface area contributed by atoms with Crippen molar-refractivity contribution in [2.75, 3.05) is 34.3 Å². The van der Waals surface area contributed by atoms with E-state index >= 15 is 0 Å². The summed E-state index contributed by atoms with van der Waals surface area (Å²) in [5.41, 5.74) is 5.00. The standard InChI is InChI=1S/C27H33N3O3/c1-18-6-9-21(16-19(18)2)24-25(29(4)22-12-14-28(3)15-13-22)27(32)30(26(24)31)17-20-7-10-23(33-5)11-8-20/h6-11,16,22H,12-15,17H2,1-5H3. The minimum absolute atomic E-state index is 0.217. The fourth-order valence-corrected chi connectivity index (χ4v) is 4.67. The number of methoxy groups -OCH3 is 1. The Morgan fingerprint density at radius 2 is 1.64 bits per heavy atom. The first-order chi connectivity index (χ1) is 15.8. The molecule has 0 atom stereocenters. The van der Waals surface area contributed by atoms with Crippen LogP contribution in [0.3, 0.4) is 0 Å². The molecule has 0 spiro atoms. The maximum atomic E-state index is 13.7. The van der Waals surface area contributed by atoms with Gasteiger partial charge in [0.25, 0.3) is 11.8 Å². The average Bonchev–Trinajstić information content (AvgIpc) is 3.06. The molecular weight excluding hydrogens is 414 g/mol. The molecule has 0 N–H and O–H groups in total. The van der Waals surface area contributed by atoms with Gasteiger partial charge in [0.05, 0.1) is 19.2 Å². The molecule has 6 heteroatoms. The summed E-state index contributed by atoms with van der Waals surface area (Å²) < 4.78 is 5.23.